The van der Waals surface area contributed by atoms with E-state index in [1.54, 1.807) is 6.92 Å². The molecule has 0 aromatic rings. The number of carbonyl (C=O) groups excluding carboxylic acids is 1. The van der Waals surface area contributed by atoms with Gasteiger partial charge in [0.15, 0.2) is 0 Å². The molecule has 0 saturated heterocycles. The maximum atomic E-state index is 11.5. The normalized spacial score (nSPS) is 19.1. The Morgan fingerprint density at radius 1 is 1.31 bits per heavy atom. The van der Waals surface area contributed by atoms with Gasteiger partial charge in [-0.15, -0.1) is 0 Å². The molecule has 1 aliphatic carbocycles. The second-order valence-corrected chi connectivity index (χ2v) is 4.75. The summed E-state index contributed by atoms with van der Waals surface area (Å²) in [6.45, 7) is 2.37. The topological polar surface area (TPSA) is 66.4 Å². The number of hydrogen-bond acceptors (Lipinski definition) is 2. The second-order valence-electron chi connectivity index (χ2n) is 4.75. The van der Waals surface area contributed by atoms with Crippen LogP contribution in [0.15, 0.2) is 0 Å². The summed E-state index contributed by atoms with van der Waals surface area (Å²) in [5.74, 6) is -0.885. The molecule has 0 heterocycles. The van der Waals surface area contributed by atoms with Crippen LogP contribution in [0.3, 0.4) is 0 Å². The standard InChI is InChI=1S/C12H21NO3/c1-9(7-11(14)15)12(16)13-8-10-5-3-2-4-6-10/h9-10H,2-8H2,1H3,(H,13,16)(H,14,15). The molecule has 1 aliphatic rings. The van der Waals surface area contributed by atoms with Crippen molar-refractivity contribution >= 4 is 11.9 Å². The van der Waals surface area contributed by atoms with Crippen LogP contribution in [0.25, 0.3) is 0 Å². The third-order valence-electron chi connectivity index (χ3n) is 3.22. The molecule has 0 aromatic carbocycles. The van der Waals surface area contributed by atoms with Gasteiger partial charge in [0.05, 0.1) is 6.42 Å². The third kappa shape index (κ3) is 4.64. The molecule has 0 spiro atoms. The number of rotatable bonds is 5. The minimum atomic E-state index is -0.916. The number of carboxylic acid groups (broad SMARTS) is 1. The molecule has 1 rings (SSSR count). The van der Waals surface area contributed by atoms with Gasteiger partial charge in [-0.05, 0) is 18.8 Å². The first-order valence-electron chi connectivity index (χ1n) is 6.09. The van der Waals surface area contributed by atoms with Crippen molar-refractivity contribution in [3.05, 3.63) is 0 Å². The van der Waals surface area contributed by atoms with Gasteiger partial charge in [-0.25, -0.2) is 0 Å². The molecule has 4 heteroatoms. The Morgan fingerprint density at radius 2 is 1.94 bits per heavy atom. The van der Waals surface area contributed by atoms with Crippen LogP contribution in [0.1, 0.15) is 45.4 Å². The van der Waals surface area contributed by atoms with Gasteiger partial charge < -0.3 is 10.4 Å². The summed E-state index contributed by atoms with van der Waals surface area (Å²) in [6, 6.07) is 0. The Labute approximate surface area is 96.4 Å². The van der Waals surface area contributed by atoms with Crippen LogP contribution in [-0.2, 0) is 9.59 Å². The Morgan fingerprint density at radius 3 is 2.50 bits per heavy atom. The van der Waals surface area contributed by atoms with E-state index in [1.165, 1.54) is 32.1 Å². The van der Waals surface area contributed by atoms with Crippen LogP contribution in [-0.4, -0.2) is 23.5 Å². The lowest BCUT2D eigenvalue weighted by Gasteiger charge is -2.22. The molecule has 92 valence electrons. The minimum Gasteiger partial charge on any atom is -0.481 e. The highest BCUT2D eigenvalue weighted by molar-refractivity contribution is 5.82. The zero-order chi connectivity index (χ0) is 12.0. The van der Waals surface area contributed by atoms with Crippen molar-refractivity contribution in [3.8, 4) is 0 Å². The van der Waals surface area contributed by atoms with Gasteiger partial charge in [-0.2, -0.15) is 0 Å². The van der Waals surface area contributed by atoms with Gasteiger partial charge in [0.25, 0.3) is 0 Å². The van der Waals surface area contributed by atoms with Gasteiger partial charge in [0.1, 0.15) is 0 Å². The molecule has 0 aromatic heterocycles. The first-order chi connectivity index (χ1) is 7.59. The minimum absolute atomic E-state index is 0.0868. The van der Waals surface area contributed by atoms with Gasteiger partial charge in [0, 0.05) is 12.5 Å². The maximum absolute atomic E-state index is 11.5. The lowest BCUT2D eigenvalue weighted by Crippen LogP contribution is -2.34. The molecule has 4 nitrogen and oxygen atoms in total. The van der Waals surface area contributed by atoms with E-state index < -0.39 is 11.9 Å². The number of hydrogen-bond donors (Lipinski definition) is 2. The zero-order valence-electron chi connectivity index (χ0n) is 9.87. The van der Waals surface area contributed by atoms with E-state index in [0.717, 1.165) is 0 Å². The highest BCUT2D eigenvalue weighted by Crippen LogP contribution is 2.22. The monoisotopic (exact) mass is 227 g/mol. The average molecular weight is 227 g/mol. The molecular weight excluding hydrogens is 206 g/mol. The highest BCUT2D eigenvalue weighted by atomic mass is 16.4. The molecule has 1 atom stereocenters. The van der Waals surface area contributed by atoms with Crippen molar-refractivity contribution in [1.29, 1.82) is 0 Å². The fraction of sp³-hybridized carbons (Fsp3) is 0.833. The first kappa shape index (κ1) is 13.0. The molecule has 0 aliphatic heterocycles. The molecule has 2 N–H and O–H groups in total. The quantitative estimate of drug-likeness (QED) is 0.752. The van der Waals surface area contributed by atoms with Crippen LogP contribution in [0.5, 0.6) is 0 Å². The summed E-state index contributed by atoms with van der Waals surface area (Å²) in [5.41, 5.74) is 0. The second kappa shape index (κ2) is 6.51. The SMILES string of the molecule is CC(CC(=O)O)C(=O)NCC1CCCCC1. The van der Waals surface area contributed by atoms with Gasteiger partial charge in [-0.3, -0.25) is 9.59 Å². The predicted octanol–water partition coefficient (Wildman–Crippen LogP) is 1.79. The highest BCUT2D eigenvalue weighted by Gasteiger charge is 2.18. The van der Waals surface area contributed by atoms with Gasteiger partial charge in [0.2, 0.25) is 5.91 Å². The van der Waals surface area contributed by atoms with E-state index in [9.17, 15) is 9.59 Å². The summed E-state index contributed by atoms with van der Waals surface area (Å²) < 4.78 is 0. The Bertz CT molecular complexity index is 247. The van der Waals surface area contributed by atoms with Crippen LogP contribution >= 0.6 is 0 Å². The molecule has 1 fully saturated rings. The van der Waals surface area contributed by atoms with Crippen molar-refractivity contribution in [1.82, 2.24) is 5.32 Å². The summed E-state index contributed by atoms with van der Waals surface area (Å²) >= 11 is 0. The van der Waals surface area contributed by atoms with Gasteiger partial charge in [-0.1, -0.05) is 26.2 Å². The molecule has 0 bridgehead atoms. The number of nitrogens with one attached hydrogen (secondary N) is 1. The lowest BCUT2D eigenvalue weighted by molar-refractivity contribution is -0.140. The zero-order valence-corrected chi connectivity index (χ0v) is 9.87. The summed E-state index contributed by atoms with van der Waals surface area (Å²) in [5, 5.41) is 11.4. The average Bonchev–Trinajstić information content (AvgIpc) is 2.26. The van der Waals surface area contributed by atoms with E-state index in [0.29, 0.717) is 12.5 Å². The lowest BCUT2D eigenvalue weighted by atomic mass is 9.89. The van der Waals surface area contributed by atoms with Crippen molar-refractivity contribution in [3.63, 3.8) is 0 Å². The third-order valence-corrected chi connectivity index (χ3v) is 3.22. The first-order valence-corrected chi connectivity index (χ1v) is 6.09. The van der Waals surface area contributed by atoms with E-state index in [4.69, 9.17) is 5.11 Å². The van der Waals surface area contributed by atoms with E-state index in [2.05, 4.69) is 5.32 Å². The fourth-order valence-corrected chi connectivity index (χ4v) is 2.17. The largest absolute Gasteiger partial charge is 0.481 e. The van der Waals surface area contributed by atoms with Crippen LogP contribution < -0.4 is 5.32 Å². The number of carboxylic acids is 1. The van der Waals surface area contributed by atoms with Crippen molar-refractivity contribution in [2.75, 3.05) is 6.54 Å². The molecular formula is C12H21NO3. The molecule has 1 amide bonds. The van der Waals surface area contributed by atoms with Crippen LogP contribution in [0.4, 0.5) is 0 Å². The Hall–Kier alpha value is -1.06. The molecule has 16 heavy (non-hydrogen) atoms. The van der Waals surface area contributed by atoms with Crippen LogP contribution in [0, 0.1) is 11.8 Å². The predicted molar refractivity (Wildman–Crippen MR) is 61.0 cm³/mol. The fourth-order valence-electron chi connectivity index (χ4n) is 2.17. The van der Waals surface area contributed by atoms with Gasteiger partial charge >= 0.3 is 5.97 Å². The van der Waals surface area contributed by atoms with E-state index in [1.807, 2.05) is 0 Å². The van der Waals surface area contributed by atoms with Crippen molar-refractivity contribution < 1.29 is 14.7 Å². The van der Waals surface area contributed by atoms with E-state index in [-0.39, 0.29) is 12.3 Å². The summed E-state index contributed by atoms with van der Waals surface area (Å²) in [7, 11) is 0. The maximum Gasteiger partial charge on any atom is 0.304 e. The van der Waals surface area contributed by atoms with Crippen molar-refractivity contribution in [2.24, 2.45) is 11.8 Å². The number of aliphatic carboxylic acids is 1. The molecule has 0 radical (unpaired) electrons. The summed E-state index contributed by atoms with van der Waals surface area (Å²) in [4.78, 5) is 22.0. The number of carbonyl (C=O) groups is 2. The van der Waals surface area contributed by atoms with E-state index >= 15 is 0 Å². The molecule has 1 saturated carbocycles. The smallest absolute Gasteiger partial charge is 0.304 e. The van der Waals surface area contributed by atoms with Crippen LogP contribution in [0.2, 0.25) is 0 Å². The molecule has 1 unspecified atom stereocenters. The Balaban J connectivity index is 2.20. The summed E-state index contributed by atoms with van der Waals surface area (Å²) in [6.07, 6.45) is 6.11. The number of amides is 1. The Kier molecular flexibility index (Phi) is 5.29. The van der Waals surface area contributed by atoms with Crippen molar-refractivity contribution in [2.45, 2.75) is 45.4 Å².